The first-order valence-electron chi connectivity index (χ1n) is 4.02. The number of hydrogen-bond donors (Lipinski definition) is 1. The molecule has 0 aliphatic rings. The van der Waals surface area contributed by atoms with E-state index in [-0.39, 0.29) is 6.08 Å². The second-order valence-corrected chi connectivity index (χ2v) is 4.30. The van der Waals surface area contributed by atoms with Crippen LogP contribution in [-0.4, -0.2) is 40.1 Å². The average molecular weight is 291 g/mol. The van der Waals surface area contributed by atoms with Crippen molar-refractivity contribution in [1.29, 1.82) is 0 Å². The molecule has 0 saturated carbocycles. The summed E-state index contributed by atoms with van der Waals surface area (Å²) in [5, 5.41) is 0. The molecule has 0 unspecified atom stereocenters. The Morgan fingerprint density at radius 2 is 1.67 bits per heavy atom. The number of esters is 2. The number of halogens is 3. The van der Waals surface area contributed by atoms with Gasteiger partial charge in [-0.1, -0.05) is 0 Å². The minimum absolute atomic E-state index is 0.217. The first kappa shape index (κ1) is 16.2. The van der Waals surface area contributed by atoms with Crippen LogP contribution < -0.4 is 4.72 Å². The van der Waals surface area contributed by atoms with Crippen molar-refractivity contribution in [3.63, 3.8) is 0 Å². The van der Waals surface area contributed by atoms with Crippen molar-refractivity contribution in [2.75, 3.05) is 14.2 Å². The van der Waals surface area contributed by atoms with Crippen LogP contribution >= 0.6 is 0 Å². The summed E-state index contributed by atoms with van der Waals surface area (Å²) in [6.07, 6.45) is 0.217. The van der Waals surface area contributed by atoms with Gasteiger partial charge in [-0.3, -0.25) is 4.72 Å². The molecule has 0 aromatic rings. The van der Waals surface area contributed by atoms with Crippen LogP contribution in [0.2, 0.25) is 0 Å². The summed E-state index contributed by atoms with van der Waals surface area (Å²) in [4.78, 5) is 21.7. The Bertz CT molecular complexity index is 466. The monoisotopic (exact) mass is 291 g/mol. The Balaban J connectivity index is 5.36. The molecule has 11 heteroatoms. The van der Waals surface area contributed by atoms with Gasteiger partial charge < -0.3 is 9.47 Å². The van der Waals surface area contributed by atoms with E-state index in [0.29, 0.717) is 0 Å². The summed E-state index contributed by atoms with van der Waals surface area (Å²) >= 11 is 0. The average Bonchev–Trinajstić information content (AvgIpc) is 2.24. The standard InChI is InChI=1S/C7H8F3NO6S/c1-16-5(12)3-4(6(13)17-2)11-18(14,15)7(8,9)10/h3,11H,1-2H3. The summed E-state index contributed by atoms with van der Waals surface area (Å²) in [6.45, 7) is 0. The topological polar surface area (TPSA) is 98.8 Å². The fourth-order valence-electron chi connectivity index (χ4n) is 0.619. The van der Waals surface area contributed by atoms with Gasteiger partial charge in [0.25, 0.3) is 0 Å². The second kappa shape index (κ2) is 5.71. The van der Waals surface area contributed by atoms with E-state index < -0.39 is 33.2 Å². The maximum Gasteiger partial charge on any atom is 0.516 e. The summed E-state index contributed by atoms with van der Waals surface area (Å²) in [5.41, 5.74) is -6.86. The molecule has 18 heavy (non-hydrogen) atoms. The fourth-order valence-corrected chi connectivity index (χ4v) is 1.17. The van der Waals surface area contributed by atoms with E-state index in [2.05, 4.69) is 9.47 Å². The van der Waals surface area contributed by atoms with E-state index in [0.717, 1.165) is 18.9 Å². The first-order chi connectivity index (χ1) is 8.05. The van der Waals surface area contributed by atoms with Gasteiger partial charge in [-0.05, 0) is 0 Å². The Kier molecular flexibility index (Phi) is 5.14. The third-order valence-corrected chi connectivity index (χ3v) is 2.52. The number of ether oxygens (including phenoxy) is 2. The quantitative estimate of drug-likeness (QED) is 0.562. The first-order valence-corrected chi connectivity index (χ1v) is 5.50. The van der Waals surface area contributed by atoms with Crippen molar-refractivity contribution in [2.45, 2.75) is 5.51 Å². The van der Waals surface area contributed by atoms with Gasteiger partial charge in [-0.2, -0.15) is 21.6 Å². The molecule has 7 nitrogen and oxygen atoms in total. The van der Waals surface area contributed by atoms with Crippen LogP contribution in [0.3, 0.4) is 0 Å². The van der Waals surface area contributed by atoms with Gasteiger partial charge in [-0.15, -0.1) is 0 Å². The molecule has 0 spiro atoms. The lowest BCUT2D eigenvalue weighted by atomic mass is 10.4. The highest BCUT2D eigenvalue weighted by Gasteiger charge is 2.47. The molecule has 0 amide bonds. The maximum absolute atomic E-state index is 12.0. The van der Waals surface area contributed by atoms with Crippen LogP contribution in [0, 0.1) is 0 Å². The molecule has 0 rings (SSSR count). The summed E-state index contributed by atoms with van der Waals surface area (Å²) < 4.78 is 66.5. The van der Waals surface area contributed by atoms with E-state index in [1.165, 1.54) is 0 Å². The molecule has 0 saturated heterocycles. The van der Waals surface area contributed by atoms with Gasteiger partial charge in [-0.25, -0.2) is 9.59 Å². The van der Waals surface area contributed by atoms with Crippen molar-refractivity contribution < 1.29 is 40.7 Å². The smallest absolute Gasteiger partial charge is 0.466 e. The third-order valence-electron chi connectivity index (χ3n) is 1.42. The number of alkyl halides is 3. The lowest BCUT2D eigenvalue weighted by Gasteiger charge is -2.11. The molecule has 0 radical (unpaired) electrons. The van der Waals surface area contributed by atoms with E-state index in [1.54, 1.807) is 0 Å². The highest BCUT2D eigenvalue weighted by atomic mass is 32.2. The van der Waals surface area contributed by atoms with Crippen LogP contribution in [-0.2, 0) is 29.1 Å². The minimum atomic E-state index is -5.83. The Hall–Kier alpha value is -1.78. The SMILES string of the molecule is COC(=O)C=C(NS(=O)(=O)C(F)(F)F)C(=O)OC. The number of hydrogen-bond acceptors (Lipinski definition) is 6. The molecule has 0 fully saturated rings. The van der Waals surface area contributed by atoms with Crippen LogP contribution in [0.4, 0.5) is 13.2 Å². The fraction of sp³-hybridized carbons (Fsp3) is 0.429. The lowest BCUT2D eigenvalue weighted by molar-refractivity contribution is -0.138. The van der Waals surface area contributed by atoms with Crippen molar-refractivity contribution in [1.82, 2.24) is 4.72 Å². The molecule has 0 aliphatic heterocycles. The molecule has 0 aromatic heterocycles. The van der Waals surface area contributed by atoms with Crippen molar-refractivity contribution in [3.05, 3.63) is 11.8 Å². The van der Waals surface area contributed by atoms with Crippen molar-refractivity contribution in [3.8, 4) is 0 Å². The molecule has 104 valence electrons. The largest absolute Gasteiger partial charge is 0.516 e. The Labute approximate surface area is 99.6 Å². The van der Waals surface area contributed by atoms with Gasteiger partial charge >= 0.3 is 27.5 Å². The molecule has 1 N–H and O–H groups in total. The van der Waals surface area contributed by atoms with E-state index in [9.17, 15) is 31.2 Å². The predicted octanol–water partition coefficient (Wildman–Crippen LogP) is -0.344. The summed E-state index contributed by atoms with van der Waals surface area (Å²) in [5.74, 6) is -2.71. The highest BCUT2D eigenvalue weighted by Crippen LogP contribution is 2.22. The number of sulfonamides is 1. The van der Waals surface area contributed by atoms with Crippen LogP contribution in [0.25, 0.3) is 0 Å². The minimum Gasteiger partial charge on any atom is -0.466 e. The lowest BCUT2D eigenvalue weighted by Crippen LogP contribution is -2.38. The normalized spacial score (nSPS) is 12.8. The zero-order valence-corrected chi connectivity index (χ0v) is 9.89. The van der Waals surface area contributed by atoms with Gasteiger partial charge in [0, 0.05) is 0 Å². The van der Waals surface area contributed by atoms with E-state index in [4.69, 9.17) is 0 Å². The van der Waals surface area contributed by atoms with Gasteiger partial charge in [0.2, 0.25) is 0 Å². The van der Waals surface area contributed by atoms with E-state index >= 15 is 0 Å². The number of nitrogens with one attached hydrogen (secondary N) is 1. The number of methoxy groups -OCH3 is 2. The molecule has 0 heterocycles. The number of rotatable bonds is 4. The highest BCUT2D eigenvalue weighted by molar-refractivity contribution is 7.90. The molecule has 0 aromatic carbocycles. The zero-order valence-electron chi connectivity index (χ0n) is 9.07. The molecule has 0 atom stereocenters. The number of carbonyl (C=O) groups excluding carboxylic acids is 2. The van der Waals surface area contributed by atoms with Gasteiger partial charge in [0.1, 0.15) is 5.70 Å². The van der Waals surface area contributed by atoms with Crippen LogP contribution in [0.5, 0.6) is 0 Å². The molecule has 0 aliphatic carbocycles. The Morgan fingerprint density at radius 3 is 2.00 bits per heavy atom. The third kappa shape index (κ3) is 4.24. The predicted molar refractivity (Wildman–Crippen MR) is 50.2 cm³/mol. The summed E-state index contributed by atoms with van der Waals surface area (Å²) in [7, 11) is -4.16. The van der Waals surface area contributed by atoms with Crippen molar-refractivity contribution >= 4 is 22.0 Å². The number of carbonyl (C=O) groups is 2. The molecular weight excluding hydrogens is 283 g/mol. The van der Waals surface area contributed by atoms with Crippen LogP contribution in [0.15, 0.2) is 11.8 Å². The van der Waals surface area contributed by atoms with Crippen molar-refractivity contribution in [2.24, 2.45) is 0 Å². The maximum atomic E-state index is 12.0. The molecule has 0 bridgehead atoms. The second-order valence-electron chi connectivity index (χ2n) is 2.62. The van der Waals surface area contributed by atoms with E-state index in [1.807, 2.05) is 0 Å². The Morgan fingerprint density at radius 1 is 1.17 bits per heavy atom. The summed E-state index contributed by atoms with van der Waals surface area (Å²) in [6, 6.07) is 0. The van der Waals surface area contributed by atoms with Crippen LogP contribution in [0.1, 0.15) is 0 Å². The zero-order chi connectivity index (χ0) is 14.6. The van der Waals surface area contributed by atoms with Gasteiger partial charge in [0.05, 0.1) is 20.3 Å². The molecular formula is C7H8F3NO6S. The van der Waals surface area contributed by atoms with Gasteiger partial charge in [0.15, 0.2) is 0 Å².